The number of hydrogen-bond donors (Lipinski definition) is 0. The monoisotopic (exact) mass is 400 g/mol. The third kappa shape index (κ3) is 3.25. The van der Waals surface area contributed by atoms with Crippen LogP contribution >= 0.6 is 43.5 Å². The van der Waals surface area contributed by atoms with Gasteiger partial charge in [-0.15, -0.1) is 0 Å². The fourth-order valence-corrected chi connectivity index (χ4v) is 5.27. The second-order valence-electron chi connectivity index (χ2n) is 4.24. The molecule has 1 aliphatic rings. The molecular weight excluding hydrogens is 391 g/mol. The van der Waals surface area contributed by atoms with Crippen LogP contribution in [0.25, 0.3) is 0 Å². The summed E-state index contributed by atoms with van der Waals surface area (Å²) in [7, 11) is -2.84. The van der Waals surface area contributed by atoms with E-state index in [0.29, 0.717) is 17.2 Å². The average Bonchev–Trinajstić information content (AvgIpc) is 2.62. The number of benzene rings is 1. The van der Waals surface area contributed by atoms with E-state index < -0.39 is 9.84 Å². The molecule has 1 saturated heterocycles. The van der Waals surface area contributed by atoms with E-state index in [1.54, 1.807) is 0 Å². The molecule has 0 N–H and O–H groups in total. The molecule has 2 unspecified atom stereocenters. The summed E-state index contributed by atoms with van der Waals surface area (Å²) in [4.78, 5) is 0.0466. The van der Waals surface area contributed by atoms with Gasteiger partial charge in [0.2, 0.25) is 0 Å². The number of alkyl halides is 1. The zero-order valence-corrected chi connectivity index (χ0v) is 13.6. The van der Waals surface area contributed by atoms with Gasteiger partial charge in [0, 0.05) is 9.30 Å². The predicted octanol–water partition coefficient (Wildman–Crippen LogP) is 3.97. The largest absolute Gasteiger partial charge is 0.229 e. The van der Waals surface area contributed by atoms with Gasteiger partial charge in [0.1, 0.15) is 0 Å². The van der Waals surface area contributed by atoms with Gasteiger partial charge in [-0.3, -0.25) is 0 Å². The summed E-state index contributed by atoms with van der Waals surface area (Å²) in [6.07, 6.45) is 0.714. The van der Waals surface area contributed by atoms with E-state index in [2.05, 4.69) is 31.9 Å². The molecule has 2 rings (SSSR count). The van der Waals surface area contributed by atoms with Crippen LogP contribution in [0.3, 0.4) is 0 Å². The lowest BCUT2D eigenvalue weighted by atomic mass is 9.99. The summed E-state index contributed by atoms with van der Waals surface area (Å²) in [5, 5.41) is 0.646. The molecule has 1 aromatic rings. The fourth-order valence-electron chi connectivity index (χ4n) is 2.01. The van der Waals surface area contributed by atoms with Gasteiger partial charge in [-0.25, -0.2) is 8.42 Å². The second-order valence-corrected chi connectivity index (χ2v) is 8.72. The lowest BCUT2D eigenvalue weighted by Gasteiger charge is -2.16. The first kappa shape index (κ1) is 13.8. The molecular formula is C11H11Br2ClO2S. The molecule has 17 heavy (non-hydrogen) atoms. The van der Waals surface area contributed by atoms with Gasteiger partial charge in [-0.2, -0.15) is 0 Å². The molecule has 1 aromatic carbocycles. The number of sulfone groups is 1. The Labute approximate surface area is 123 Å². The van der Waals surface area contributed by atoms with Crippen LogP contribution in [-0.2, 0) is 9.84 Å². The van der Waals surface area contributed by atoms with Crippen LogP contribution in [0.1, 0.15) is 16.8 Å². The molecule has 0 radical (unpaired) electrons. The van der Waals surface area contributed by atoms with Gasteiger partial charge in [-0.1, -0.05) is 33.6 Å². The minimum Gasteiger partial charge on any atom is -0.229 e. The van der Waals surface area contributed by atoms with E-state index in [4.69, 9.17) is 11.6 Å². The highest BCUT2D eigenvalue weighted by molar-refractivity contribution is 9.10. The number of hydrogen-bond acceptors (Lipinski definition) is 2. The Bertz CT molecular complexity index is 530. The quantitative estimate of drug-likeness (QED) is 0.702. The van der Waals surface area contributed by atoms with Crippen LogP contribution in [-0.4, -0.2) is 19.9 Å². The molecule has 1 aliphatic heterocycles. The van der Waals surface area contributed by atoms with Gasteiger partial charge in [0.15, 0.2) is 9.84 Å². The van der Waals surface area contributed by atoms with Crippen molar-refractivity contribution in [2.45, 2.75) is 11.2 Å². The van der Waals surface area contributed by atoms with Crippen molar-refractivity contribution in [1.82, 2.24) is 0 Å². The third-order valence-corrected chi connectivity index (χ3v) is 7.25. The maximum absolute atomic E-state index is 11.4. The zero-order chi connectivity index (χ0) is 12.6. The van der Waals surface area contributed by atoms with Crippen molar-refractivity contribution < 1.29 is 8.42 Å². The van der Waals surface area contributed by atoms with Crippen molar-refractivity contribution in [2.75, 3.05) is 11.5 Å². The van der Waals surface area contributed by atoms with Gasteiger partial charge < -0.3 is 0 Å². The maximum atomic E-state index is 11.4. The highest BCUT2D eigenvalue weighted by atomic mass is 79.9. The molecule has 1 fully saturated rings. The Morgan fingerprint density at radius 3 is 2.65 bits per heavy atom. The Balaban J connectivity index is 2.20. The highest BCUT2D eigenvalue weighted by Gasteiger charge is 2.33. The first-order valence-corrected chi connectivity index (χ1v) is 9.09. The summed E-state index contributed by atoms with van der Waals surface area (Å²) in [6.45, 7) is 0. The average molecular weight is 403 g/mol. The first-order valence-electron chi connectivity index (χ1n) is 5.18. The molecule has 0 aromatic heterocycles. The van der Waals surface area contributed by atoms with Crippen molar-refractivity contribution in [3.63, 3.8) is 0 Å². The molecule has 2 nitrogen and oxygen atoms in total. The second kappa shape index (κ2) is 5.19. The van der Waals surface area contributed by atoms with Gasteiger partial charge in [0.05, 0.1) is 16.5 Å². The first-order chi connectivity index (χ1) is 7.89. The molecule has 0 aliphatic carbocycles. The van der Waals surface area contributed by atoms with Crippen LogP contribution < -0.4 is 0 Å². The SMILES string of the molecule is O=S1(=O)CCC(C(Br)c2ccc(Br)c(Cl)c2)C1. The van der Waals surface area contributed by atoms with Crippen molar-refractivity contribution in [3.05, 3.63) is 33.3 Å². The minimum absolute atomic E-state index is 0.0466. The summed E-state index contributed by atoms with van der Waals surface area (Å²) in [5.41, 5.74) is 1.03. The smallest absolute Gasteiger partial charge is 0.150 e. The van der Waals surface area contributed by atoms with E-state index in [1.165, 1.54) is 0 Å². The van der Waals surface area contributed by atoms with Gasteiger partial charge in [-0.05, 0) is 46.0 Å². The van der Waals surface area contributed by atoms with Crippen LogP contribution in [0, 0.1) is 5.92 Å². The minimum atomic E-state index is -2.84. The Morgan fingerprint density at radius 2 is 2.12 bits per heavy atom. The van der Waals surface area contributed by atoms with Crippen LogP contribution in [0.4, 0.5) is 0 Å². The maximum Gasteiger partial charge on any atom is 0.150 e. The molecule has 94 valence electrons. The van der Waals surface area contributed by atoms with E-state index >= 15 is 0 Å². The van der Waals surface area contributed by atoms with Crippen molar-refractivity contribution in [2.24, 2.45) is 5.92 Å². The number of halogens is 3. The zero-order valence-electron chi connectivity index (χ0n) is 8.87. The molecule has 0 spiro atoms. The standard InChI is InChI=1S/C11H11Br2ClO2S/c12-9-2-1-7(5-10(9)14)11(13)8-3-4-17(15,16)6-8/h1-2,5,8,11H,3-4,6H2. The fraction of sp³-hybridized carbons (Fsp3) is 0.455. The van der Waals surface area contributed by atoms with Crippen LogP contribution in [0.15, 0.2) is 22.7 Å². The van der Waals surface area contributed by atoms with Gasteiger partial charge >= 0.3 is 0 Å². The van der Waals surface area contributed by atoms with E-state index in [9.17, 15) is 8.42 Å². The topological polar surface area (TPSA) is 34.1 Å². The third-order valence-electron chi connectivity index (χ3n) is 2.94. The summed E-state index contributed by atoms with van der Waals surface area (Å²) >= 11 is 13.0. The van der Waals surface area contributed by atoms with E-state index in [0.717, 1.165) is 10.0 Å². The molecule has 0 saturated carbocycles. The highest BCUT2D eigenvalue weighted by Crippen LogP contribution is 2.39. The van der Waals surface area contributed by atoms with Crippen molar-refractivity contribution in [1.29, 1.82) is 0 Å². The summed E-state index contributed by atoms with van der Waals surface area (Å²) < 4.78 is 23.7. The normalized spacial score (nSPS) is 24.8. The molecule has 0 amide bonds. The van der Waals surface area contributed by atoms with E-state index in [1.807, 2.05) is 18.2 Å². The molecule has 2 atom stereocenters. The van der Waals surface area contributed by atoms with Crippen LogP contribution in [0.2, 0.25) is 5.02 Å². The van der Waals surface area contributed by atoms with Crippen molar-refractivity contribution >= 4 is 53.3 Å². The van der Waals surface area contributed by atoms with Crippen molar-refractivity contribution in [3.8, 4) is 0 Å². The van der Waals surface area contributed by atoms with E-state index in [-0.39, 0.29) is 16.5 Å². The van der Waals surface area contributed by atoms with Gasteiger partial charge in [0.25, 0.3) is 0 Å². The Morgan fingerprint density at radius 1 is 1.41 bits per heavy atom. The molecule has 1 heterocycles. The predicted molar refractivity (Wildman–Crippen MR) is 77.6 cm³/mol. The summed E-state index contributed by atoms with van der Waals surface area (Å²) in [6, 6.07) is 5.71. The molecule has 0 bridgehead atoms. The lowest BCUT2D eigenvalue weighted by molar-refractivity contribution is 0.580. The Hall–Kier alpha value is 0.420. The van der Waals surface area contributed by atoms with Crippen LogP contribution in [0.5, 0.6) is 0 Å². The lowest BCUT2D eigenvalue weighted by Crippen LogP contribution is -2.10. The number of rotatable bonds is 2. The Kier molecular flexibility index (Phi) is 4.23. The molecule has 6 heteroatoms. The summed E-state index contributed by atoms with van der Waals surface area (Å²) in [5.74, 6) is 0.693.